The first-order chi connectivity index (χ1) is 15.9. The van der Waals surface area contributed by atoms with Gasteiger partial charge >= 0.3 is 0 Å². The lowest BCUT2D eigenvalue weighted by atomic mass is 10.1. The molecular formula is C26H25N3O3S. The summed E-state index contributed by atoms with van der Waals surface area (Å²) in [6.45, 7) is 5.72. The molecule has 0 aliphatic carbocycles. The molecule has 0 spiro atoms. The Kier molecular flexibility index (Phi) is 6.51. The summed E-state index contributed by atoms with van der Waals surface area (Å²) in [6.07, 6.45) is 2.64. The van der Waals surface area contributed by atoms with Gasteiger partial charge in [0.1, 0.15) is 6.54 Å². The van der Waals surface area contributed by atoms with Gasteiger partial charge in [0.05, 0.1) is 4.91 Å². The normalized spacial score (nSPS) is 14.9. The number of aromatic nitrogens is 1. The fourth-order valence-electron chi connectivity index (χ4n) is 3.85. The molecule has 7 heteroatoms. The zero-order valence-electron chi connectivity index (χ0n) is 18.8. The molecule has 0 atom stereocenters. The Labute approximate surface area is 197 Å². The zero-order chi connectivity index (χ0) is 23.5. The van der Waals surface area contributed by atoms with Crippen LogP contribution < -0.4 is 5.32 Å². The summed E-state index contributed by atoms with van der Waals surface area (Å²) in [4.78, 5) is 39.1. The molecule has 3 amide bonds. The molecule has 0 saturated carbocycles. The van der Waals surface area contributed by atoms with Gasteiger partial charge < -0.3 is 9.88 Å². The first-order valence-corrected chi connectivity index (χ1v) is 11.6. The van der Waals surface area contributed by atoms with E-state index in [1.54, 1.807) is 6.08 Å². The van der Waals surface area contributed by atoms with Gasteiger partial charge in [-0.25, -0.2) is 0 Å². The van der Waals surface area contributed by atoms with E-state index < -0.39 is 17.1 Å². The quantitative estimate of drug-likeness (QED) is 0.506. The molecule has 3 aromatic rings. The average Bonchev–Trinajstić information content (AvgIpc) is 3.24. The maximum absolute atomic E-state index is 12.9. The van der Waals surface area contributed by atoms with Gasteiger partial charge in [0.2, 0.25) is 5.91 Å². The number of nitrogens with one attached hydrogen (secondary N) is 1. The van der Waals surface area contributed by atoms with E-state index in [-0.39, 0.29) is 6.54 Å². The van der Waals surface area contributed by atoms with E-state index in [4.69, 9.17) is 0 Å². The lowest BCUT2D eigenvalue weighted by molar-refractivity contribution is -0.127. The number of aryl methyl sites for hydroxylation is 2. The standard InChI is InChI=1S/C26H25N3O3S/c1-4-19-10-12-21(13-11-19)27-24(30)16-28-25(31)23(33-26(28)32)15-20-14-17(2)29(18(20)3)22-8-6-5-7-9-22/h5-15H,4,16H2,1-3H3,(H,27,30)/b23-15+. The Hall–Kier alpha value is -3.58. The Morgan fingerprint density at radius 1 is 1.03 bits per heavy atom. The maximum atomic E-state index is 12.9. The highest BCUT2D eigenvalue weighted by atomic mass is 32.2. The van der Waals surface area contributed by atoms with Gasteiger partial charge in [-0.2, -0.15) is 0 Å². The second kappa shape index (κ2) is 9.50. The monoisotopic (exact) mass is 459 g/mol. The molecule has 168 valence electrons. The summed E-state index contributed by atoms with van der Waals surface area (Å²) < 4.78 is 2.10. The van der Waals surface area contributed by atoms with Crippen LogP contribution in [-0.2, 0) is 16.0 Å². The van der Waals surface area contributed by atoms with Crippen molar-refractivity contribution in [2.24, 2.45) is 0 Å². The minimum atomic E-state index is -0.453. The number of para-hydroxylation sites is 1. The molecular weight excluding hydrogens is 434 g/mol. The van der Waals surface area contributed by atoms with E-state index in [1.807, 2.05) is 74.5 Å². The highest BCUT2D eigenvalue weighted by molar-refractivity contribution is 8.18. The van der Waals surface area contributed by atoms with Gasteiger partial charge in [-0.3, -0.25) is 19.3 Å². The number of imide groups is 1. The smallest absolute Gasteiger partial charge is 0.294 e. The summed E-state index contributed by atoms with van der Waals surface area (Å²) in [6, 6.07) is 19.4. The first kappa shape index (κ1) is 22.6. The van der Waals surface area contributed by atoms with E-state index in [0.717, 1.165) is 51.3 Å². The van der Waals surface area contributed by atoms with Crippen molar-refractivity contribution in [1.29, 1.82) is 0 Å². The van der Waals surface area contributed by atoms with Crippen LogP contribution in [0.1, 0.15) is 29.4 Å². The van der Waals surface area contributed by atoms with Crippen LogP contribution in [0.15, 0.2) is 65.6 Å². The number of hydrogen-bond acceptors (Lipinski definition) is 4. The van der Waals surface area contributed by atoms with E-state index in [2.05, 4.69) is 16.8 Å². The highest BCUT2D eigenvalue weighted by Crippen LogP contribution is 2.33. The van der Waals surface area contributed by atoms with E-state index in [9.17, 15) is 14.4 Å². The second-order valence-electron chi connectivity index (χ2n) is 7.86. The number of amides is 3. The molecule has 1 aromatic heterocycles. The van der Waals surface area contributed by atoms with Crippen molar-refractivity contribution in [2.45, 2.75) is 27.2 Å². The third kappa shape index (κ3) is 4.78. The van der Waals surface area contributed by atoms with E-state index >= 15 is 0 Å². The number of nitrogens with zero attached hydrogens (tertiary/aromatic N) is 2. The molecule has 1 saturated heterocycles. The predicted molar refractivity (Wildman–Crippen MR) is 132 cm³/mol. The van der Waals surface area contributed by atoms with Crippen molar-refractivity contribution in [1.82, 2.24) is 9.47 Å². The van der Waals surface area contributed by atoms with Gasteiger partial charge in [-0.1, -0.05) is 37.3 Å². The van der Waals surface area contributed by atoms with Gasteiger partial charge in [0.15, 0.2) is 0 Å². The molecule has 2 heterocycles. The third-order valence-electron chi connectivity index (χ3n) is 5.59. The van der Waals surface area contributed by atoms with Crippen molar-refractivity contribution in [3.05, 3.63) is 88.1 Å². The predicted octanol–water partition coefficient (Wildman–Crippen LogP) is 5.33. The van der Waals surface area contributed by atoms with Crippen LogP contribution in [0.4, 0.5) is 10.5 Å². The average molecular weight is 460 g/mol. The van der Waals surface area contributed by atoms with Gasteiger partial charge in [0, 0.05) is 22.8 Å². The fourth-order valence-corrected chi connectivity index (χ4v) is 4.68. The van der Waals surface area contributed by atoms with Gasteiger partial charge in [0.25, 0.3) is 11.1 Å². The lowest BCUT2D eigenvalue weighted by Crippen LogP contribution is -2.36. The maximum Gasteiger partial charge on any atom is 0.294 e. The SMILES string of the molecule is CCc1ccc(NC(=O)CN2C(=O)S/C(=C/c3cc(C)n(-c4ccccc4)c3C)C2=O)cc1. The number of anilines is 1. The fraction of sp³-hybridized carbons (Fsp3) is 0.192. The number of benzene rings is 2. The Bertz CT molecular complexity index is 1240. The van der Waals surface area contributed by atoms with E-state index in [1.165, 1.54) is 0 Å². The second-order valence-corrected chi connectivity index (χ2v) is 8.86. The molecule has 33 heavy (non-hydrogen) atoms. The van der Waals surface area contributed by atoms with Crippen LogP contribution in [0.3, 0.4) is 0 Å². The first-order valence-electron chi connectivity index (χ1n) is 10.8. The molecule has 1 aliphatic heterocycles. The number of thioether (sulfide) groups is 1. The topological polar surface area (TPSA) is 71.4 Å². The minimum absolute atomic E-state index is 0.313. The number of rotatable bonds is 6. The summed E-state index contributed by atoms with van der Waals surface area (Å²) in [7, 11) is 0. The highest BCUT2D eigenvalue weighted by Gasteiger charge is 2.36. The molecule has 1 N–H and O–H groups in total. The van der Waals surface area contributed by atoms with Crippen molar-refractivity contribution < 1.29 is 14.4 Å². The van der Waals surface area contributed by atoms with Crippen LogP contribution in [0, 0.1) is 13.8 Å². The van der Waals surface area contributed by atoms with E-state index in [0.29, 0.717) is 10.6 Å². The number of hydrogen-bond donors (Lipinski definition) is 1. The Balaban J connectivity index is 1.49. The molecule has 0 radical (unpaired) electrons. The summed E-state index contributed by atoms with van der Waals surface area (Å²) in [5.41, 5.74) is 5.69. The van der Waals surface area contributed by atoms with Crippen molar-refractivity contribution >= 4 is 40.6 Å². The van der Waals surface area contributed by atoms with Crippen LogP contribution in [-0.4, -0.2) is 33.1 Å². The molecule has 0 bridgehead atoms. The molecule has 0 unspecified atom stereocenters. The van der Waals surface area contributed by atoms with Crippen LogP contribution in [0.5, 0.6) is 0 Å². The number of carbonyl (C=O) groups excluding carboxylic acids is 3. The van der Waals surface area contributed by atoms with Crippen LogP contribution in [0.25, 0.3) is 11.8 Å². The molecule has 1 aliphatic rings. The zero-order valence-corrected chi connectivity index (χ0v) is 19.6. The van der Waals surface area contributed by atoms with Crippen LogP contribution >= 0.6 is 11.8 Å². The van der Waals surface area contributed by atoms with Crippen molar-refractivity contribution in [3.63, 3.8) is 0 Å². The largest absolute Gasteiger partial charge is 0.325 e. The molecule has 4 rings (SSSR count). The third-order valence-corrected chi connectivity index (χ3v) is 6.50. The summed E-state index contributed by atoms with van der Waals surface area (Å²) in [5, 5.41) is 2.30. The van der Waals surface area contributed by atoms with Gasteiger partial charge in [-0.15, -0.1) is 0 Å². The summed E-state index contributed by atoms with van der Waals surface area (Å²) >= 11 is 0.859. The van der Waals surface area contributed by atoms with Crippen molar-refractivity contribution in [2.75, 3.05) is 11.9 Å². The minimum Gasteiger partial charge on any atom is -0.325 e. The van der Waals surface area contributed by atoms with Gasteiger partial charge in [-0.05, 0) is 79.6 Å². The number of carbonyl (C=O) groups is 3. The van der Waals surface area contributed by atoms with Crippen LogP contribution in [0.2, 0.25) is 0 Å². The summed E-state index contributed by atoms with van der Waals surface area (Å²) in [5.74, 6) is -0.865. The Morgan fingerprint density at radius 2 is 1.73 bits per heavy atom. The van der Waals surface area contributed by atoms with Crippen molar-refractivity contribution in [3.8, 4) is 5.69 Å². The lowest BCUT2D eigenvalue weighted by Gasteiger charge is -2.12. The molecule has 1 fully saturated rings. The Morgan fingerprint density at radius 3 is 2.39 bits per heavy atom. The molecule has 2 aromatic carbocycles. The molecule has 6 nitrogen and oxygen atoms in total.